The highest BCUT2D eigenvalue weighted by Crippen LogP contribution is 2.32. The monoisotopic (exact) mass is 411 g/mol. The van der Waals surface area contributed by atoms with Crippen molar-refractivity contribution in [1.82, 2.24) is 4.98 Å². The van der Waals surface area contributed by atoms with E-state index in [4.69, 9.17) is 9.31 Å². The summed E-state index contributed by atoms with van der Waals surface area (Å²) in [5, 5.41) is 4.37. The second-order valence-corrected chi connectivity index (χ2v) is 7.08. The summed E-state index contributed by atoms with van der Waals surface area (Å²) >= 11 is 0. The number of pyridine rings is 1. The zero-order valence-electron chi connectivity index (χ0n) is 15.8. The number of nitrogens with zero attached hydrogens (tertiary/aromatic N) is 1. The molecular formula is C18H18BF4N3O3. The summed E-state index contributed by atoms with van der Waals surface area (Å²) in [6.45, 7) is 5.69. The van der Waals surface area contributed by atoms with E-state index < -0.39 is 42.0 Å². The molecule has 1 aliphatic heterocycles. The number of aromatic nitrogens is 1. The highest BCUT2D eigenvalue weighted by Gasteiger charge is 2.43. The number of nitrogens with one attached hydrogen (secondary N) is 2. The largest absolute Gasteiger partial charge is 0.496 e. The summed E-state index contributed by atoms with van der Waals surface area (Å²) in [5.74, 6) is -0.882. The van der Waals surface area contributed by atoms with Crippen LogP contribution in [-0.4, -0.2) is 29.8 Å². The molecule has 0 saturated carbocycles. The molecule has 1 aromatic carbocycles. The van der Waals surface area contributed by atoms with E-state index in [0.717, 1.165) is 0 Å². The lowest BCUT2D eigenvalue weighted by Gasteiger charge is -2.21. The first-order chi connectivity index (χ1) is 13.5. The summed E-state index contributed by atoms with van der Waals surface area (Å²) in [6.07, 6.45) is -3.34. The van der Waals surface area contributed by atoms with E-state index in [0.29, 0.717) is 23.7 Å². The Bertz CT molecular complexity index is 906. The minimum absolute atomic E-state index is 0.115. The van der Waals surface area contributed by atoms with Gasteiger partial charge >= 0.3 is 19.3 Å². The van der Waals surface area contributed by atoms with Crippen LogP contribution in [0.15, 0.2) is 36.5 Å². The van der Waals surface area contributed by atoms with Gasteiger partial charge in [-0.15, -0.1) is 0 Å². The Morgan fingerprint density at radius 2 is 1.93 bits per heavy atom. The van der Waals surface area contributed by atoms with Crippen LogP contribution in [0.5, 0.6) is 0 Å². The van der Waals surface area contributed by atoms with Gasteiger partial charge in [-0.2, -0.15) is 13.2 Å². The van der Waals surface area contributed by atoms with Crippen molar-refractivity contribution in [1.29, 1.82) is 0 Å². The van der Waals surface area contributed by atoms with Crippen molar-refractivity contribution in [2.75, 3.05) is 10.6 Å². The van der Waals surface area contributed by atoms with Crippen LogP contribution in [0.25, 0.3) is 0 Å². The second-order valence-electron chi connectivity index (χ2n) is 7.08. The van der Waals surface area contributed by atoms with Crippen LogP contribution in [-0.2, 0) is 15.5 Å². The summed E-state index contributed by atoms with van der Waals surface area (Å²) in [5.41, 5.74) is -1.50. The number of amides is 2. The van der Waals surface area contributed by atoms with Crippen molar-refractivity contribution in [3.05, 3.63) is 47.9 Å². The summed E-state index contributed by atoms with van der Waals surface area (Å²) in [4.78, 5) is 16.1. The minimum atomic E-state index is -4.66. The molecule has 0 bridgehead atoms. The SMILES string of the molecule is CC1OB(c2ccc(NC(=O)Nc3cc(C(F)(F)F)ccc3F)nc2)OC1(C)C. The van der Waals surface area contributed by atoms with Gasteiger partial charge in [0.2, 0.25) is 0 Å². The minimum Gasteiger partial charge on any atom is -0.402 e. The summed E-state index contributed by atoms with van der Waals surface area (Å²) < 4.78 is 63.5. The fraction of sp³-hybridized carbons (Fsp3) is 0.333. The first-order valence-electron chi connectivity index (χ1n) is 8.70. The number of halogens is 4. The van der Waals surface area contributed by atoms with Crippen molar-refractivity contribution >= 4 is 30.1 Å². The van der Waals surface area contributed by atoms with Crippen molar-refractivity contribution < 1.29 is 31.7 Å². The molecule has 2 amide bonds. The molecule has 6 nitrogen and oxygen atoms in total. The molecule has 29 heavy (non-hydrogen) atoms. The average Bonchev–Trinajstić information content (AvgIpc) is 2.89. The molecule has 11 heteroatoms. The molecule has 2 heterocycles. The van der Waals surface area contributed by atoms with Gasteiger partial charge in [0.05, 0.1) is 23.0 Å². The number of anilines is 2. The predicted molar refractivity (Wildman–Crippen MR) is 99.4 cm³/mol. The molecule has 0 radical (unpaired) electrons. The lowest BCUT2D eigenvalue weighted by molar-refractivity contribution is -0.137. The van der Waals surface area contributed by atoms with Gasteiger partial charge in [0.25, 0.3) is 0 Å². The maximum Gasteiger partial charge on any atom is 0.496 e. The fourth-order valence-electron chi connectivity index (χ4n) is 2.58. The van der Waals surface area contributed by atoms with E-state index in [9.17, 15) is 22.4 Å². The van der Waals surface area contributed by atoms with Crippen molar-refractivity contribution in [3.8, 4) is 0 Å². The van der Waals surface area contributed by atoms with Gasteiger partial charge in [-0.05, 0) is 45.0 Å². The molecule has 1 unspecified atom stereocenters. The third-order valence-corrected chi connectivity index (χ3v) is 4.56. The predicted octanol–water partition coefficient (Wildman–Crippen LogP) is 3.79. The van der Waals surface area contributed by atoms with E-state index in [-0.39, 0.29) is 11.9 Å². The molecule has 1 atom stereocenters. The van der Waals surface area contributed by atoms with Gasteiger partial charge in [0.1, 0.15) is 11.6 Å². The molecule has 1 fully saturated rings. The number of hydrogen-bond acceptors (Lipinski definition) is 4. The standard InChI is InChI=1S/C18H18BF4N3O3/c1-10-17(2,3)29-19(28-10)12-5-7-15(24-9-12)26-16(27)25-14-8-11(18(21,22)23)4-6-13(14)20/h4-10H,1-3H3,(H2,24,25,26,27). The smallest absolute Gasteiger partial charge is 0.402 e. The van der Waals surface area contributed by atoms with Gasteiger partial charge in [0.15, 0.2) is 0 Å². The number of hydrogen-bond donors (Lipinski definition) is 2. The molecule has 2 N–H and O–H groups in total. The maximum atomic E-state index is 13.7. The first kappa shape index (κ1) is 21.1. The van der Waals surface area contributed by atoms with Crippen LogP contribution >= 0.6 is 0 Å². The van der Waals surface area contributed by atoms with Crippen LogP contribution in [0, 0.1) is 5.82 Å². The Balaban J connectivity index is 1.65. The van der Waals surface area contributed by atoms with Gasteiger partial charge in [-0.3, -0.25) is 5.32 Å². The second kappa shape index (κ2) is 7.64. The number of alkyl halides is 3. The molecule has 1 aliphatic rings. The van der Waals surface area contributed by atoms with Gasteiger partial charge in [-0.25, -0.2) is 14.2 Å². The van der Waals surface area contributed by atoms with Gasteiger partial charge < -0.3 is 14.6 Å². The quantitative estimate of drug-likeness (QED) is 0.596. The normalized spacial score (nSPS) is 18.6. The Morgan fingerprint density at radius 3 is 2.48 bits per heavy atom. The Labute approximate surface area is 164 Å². The first-order valence-corrected chi connectivity index (χ1v) is 8.70. The average molecular weight is 411 g/mol. The zero-order valence-corrected chi connectivity index (χ0v) is 15.8. The van der Waals surface area contributed by atoms with Crippen LogP contribution in [0.3, 0.4) is 0 Å². The maximum absolute atomic E-state index is 13.7. The third-order valence-electron chi connectivity index (χ3n) is 4.56. The molecule has 3 rings (SSSR count). The van der Waals surface area contributed by atoms with Gasteiger partial charge in [-0.1, -0.05) is 6.07 Å². The number of carbonyl (C=O) groups excluding carboxylic acids is 1. The van der Waals surface area contributed by atoms with Crippen molar-refractivity contribution in [2.24, 2.45) is 0 Å². The van der Waals surface area contributed by atoms with E-state index in [2.05, 4.69) is 10.3 Å². The van der Waals surface area contributed by atoms with E-state index >= 15 is 0 Å². The molecule has 154 valence electrons. The third kappa shape index (κ3) is 4.85. The highest BCUT2D eigenvalue weighted by molar-refractivity contribution is 6.61. The number of rotatable bonds is 3. The fourth-order valence-corrected chi connectivity index (χ4v) is 2.58. The molecule has 1 aromatic heterocycles. The molecule has 2 aromatic rings. The summed E-state index contributed by atoms with van der Waals surface area (Å²) in [7, 11) is -0.602. The number of urea groups is 1. The van der Waals surface area contributed by atoms with E-state index in [1.165, 1.54) is 12.3 Å². The zero-order chi connectivity index (χ0) is 21.4. The molecule has 0 aliphatic carbocycles. The molecule has 1 saturated heterocycles. The lowest BCUT2D eigenvalue weighted by Crippen LogP contribution is -2.35. The Morgan fingerprint density at radius 1 is 1.21 bits per heavy atom. The lowest BCUT2D eigenvalue weighted by atomic mass is 9.80. The van der Waals surface area contributed by atoms with Crippen molar-refractivity contribution in [3.63, 3.8) is 0 Å². The van der Waals surface area contributed by atoms with Crippen LogP contribution in [0.2, 0.25) is 0 Å². The number of benzene rings is 1. The van der Waals surface area contributed by atoms with E-state index in [1.54, 1.807) is 6.07 Å². The number of carbonyl (C=O) groups is 1. The van der Waals surface area contributed by atoms with Crippen LogP contribution in [0.1, 0.15) is 26.3 Å². The molecule has 0 spiro atoms. The topological polar surface area (TPSA) is 72.5 Å². The molecular weight excluding hydrogens is 393 g/mol. The highest BCUT2D eigenvalue weighted by atomic mass is 19.4. The Kier molecular flexibility index (Phi) is 5.55. The van der Waals surface area contributed by atoms with E-state index in [1.807, 2.05) is 26.1 Å². The van der Waals surface area contributed by atoms with Crippen molar-refractivity contribution in [2.45, 2.75) is 38.7 Å². The Hall–Kier alpha value is -2.66. The van der Waals surface area contributed by atoms with Gasteiger partial charge in [0, 0.05) is 11.7 Å². The van der Waals surface area contributed by atoms with Crippen LogP contribution < -0.4 is 16.1 Å². The van der Waals surface area contributed by atoms with Crippen LogP contribution in [0.4, 0.5) is 33.9 Å². The summed E-state index contributed by atoms with van der Waals surface area (Å²) in [6, 6.07) is 3.91.